The van der Waals surface area contributed by atoms with Crippen molar-refractivity contribution < 1.29 is 4.79 Å². The van der Waals surface area contributed by atoms with E-state index in [0.717, 1.165) is 66.9 Å². The van der Waals surface area contributed by atoms with Crippen LogP contribution in [-0.2, 0) is 19.3 Å². The molecule has 2 heterocycles. The molecular formula is C24H24ClN3O. The average molecular weight is 406 g/mol. The number of nitrogens with zero attached hydrogens (tertiary/aromatic N) is 3. The molecule has 148 valence electrons. The molecule has 0 saturated carbocycles. The zero-order chi connectivity index (χ0) is 19.8. The third-order valence-corrected chi connectivity index (χ3v) is 6.55. The molecule has 1 fully saturated rings. The Hall–Kier alpha value is -2.59. The van der Waals surface area contributed by atoms with Crippen LogP contribution in [0.3, 0.4) is 0 Å². The van der Waals surface area contributed by atoms with E-state index in [1.807, 2.05) is 46.0 Å². The van der Waals surface area contributed by atoms with Gasteiger partial charge in [0.05, 0.1) is 5.69 Å². The molecule has 3 aromatic rings. The Morgan fingerprint density at radius 2 is 1.83 bits per heavy atom. The largest absolute Gasteiger partial charge is 0.334 e. The number of benzene rings is 2. The molecule has 1 saturated heterocycles. The topological polar surface area (TPSA) is 38.1 Å². The van der Waals surface area contributed by atoms with Crippen LogP contribution in [-0.4, -0.2) is 33.2 Å². The molecule has 29 heavy (non-hydrogen) atoms. The van der Waals surface area contributed by atoms with Gasteiger partial charge < -0.3 is 4.90 Å². The molecule has 2 aliphatic rings. The highest BCUT2D eigenvalue weighted by Crippen LogP contribution is 2.31. The van der Waals surface area contributed by atoms with E-state index in [4.69, 9.17) is 16.7 Å². The maximum atomic E-state index is 13.6. The average Bonchev–Trinajstić information content (AvgIpc) is 3.46. The second-order valence-electron chi connectivity index (χ2n) is 7.96. The van der Waals surface area contributed by atoms with Crippen molar-refractivity contribution in [2.24, 2.45) is 0 Å². The van der Waals surface area contributed by atoms with E-state index in [9.17, 15) is 4.79 Å². The van der Waals surface area contributed by atoms with Gasteiger partial charge in [-0.3, -0.25) is 4.79 Å². The molecule has 5 rings (SSSR count). The Morgan fingerprint density at radius 1 is 1.03 bits per heavy atom. The Morgan fingerprint density at radius 3 is 2.66 bits per heavy atom. The molecule has 2 aromatic carbocycles. The molecule has 0 spiro atoms. The van der Waals surface area contributed by atoms with Crippen LogP contribution in [0.15, 0.2) is 54.6 Å². The normalized spacial score (nSPS) is 18.2. The van der Waals surface area contributed by atoms with Crippen molar-refractivity contribution in [2.75, 3.05) is 6.54 Å². The Balaban J connectivity index is 1.45. The Kier molecular flexibility index (Phi) is 4.88. The van der Waals surface area contributed by atoms with Crippen LogP contribution >= 0.6 is 11.6 Å². The number of halogens is 1. The van der Waals surface area contributed by atoms with E-state index in [0.29, 0.717) is 5.69 Å². The van der Waals surface area contributed by atoms with E-state index >= 15 is 0 Å². The quantitative estimate of drug-likeness (QED) is 0.621. The van der Waals surface area contributed by atoms with Crippen LogP contribution in [0.2, 0.25) is 5.02 Å². The zero-order valence-electron chi connectivity index (χ0n) is 16.4. The second-order valence-corrected chi connectivity index (χ2v) is 8.37. The number of hydrogen-bond donors (Lipinski definition) is 0. The Bertz CT molecular complexity index is 1040. The van der Waals surface area contributed by atoms with Crippen molar-refractivity contribution in [1.29, 1.82) is 0 Å². The lowest BCUT2D eigenvalue weighted by Crippen LogP contribution is -2.37. The van der Waals surface area contributed by atoms with Crippen molar-refractivity contribution in [3.63, 3.8) is 0 Å². The summed E-state index contributed by atoms with van der Waals surface area (Å²) in [7, 11) is 0. The van der Waals surface area contributed by atoms with Crippen molar-refractivity contribution >= 4 is 17.5 Å². The van der Waals surface area contributed by atoms with Crippen LogP contribution in [0, 0.1) is 0 Å². The number of carbonyl (C=O) groups is 1. The number of hydrogen-bond acceptors (Lipinski definition) is 2. The molecule has 1 aliphatic carbocycles. The third kappa shape index (κ3) is 3.36. The standard InChI is InChI=1S/C24H24ClN3O/c25-21-13-5-4-8-17(21)16-19-11-7-15-27(19)24(29)23-20-12-6-14-22(20)28(26-23)18-9-2-1-3-10-18/h1-5,8-10,13,19H,6-7,11-12,14-16H2. The minimum absolute atomic E-state index is 0.0763. The highest BCUT2D eigenvalue weighted by molar-refractivity contribution is 6.31. The maximum absolute atomic E-state index is 13.6. The summed E-state index contributed by atoms with van der Waals surface area (Å²) in [6, 6.07) is 18.3. The van der Waals surface area contributed by atoms with Gasteiger partial charge in [0.2, 0.25) is 0 Å². The summed E-state index contributed by atoms with van der Waals surface area (Å²) in [6.45, 7) is 0.793. The molecule has 4 nitrogen and oxygen atoms in total. The van der Waals surface area contributed by atoms with E-state index in [1.165, 1.54) is 5.69 Å². The van der Waals surface area contributed by atoms with Gasteiger partial charge >= 0.3 is 0 Å². The van der Waals surface area contributed by atoms with Crippen molar-refractivity contribution in [3.05, 3.63) is 82.1 Å². The molecule has 1 amide bonds. The SMILES string of the molecule is O=C(c1nn(-c2ccccc2)c2c1CCC2)N1CCCC1Cc1ccccc1Cl. The molecule has 0 radical (unpaired) electrons. The number of amides is 1. The molecule has 1 aromatic heterocycles. The zero-order valence-corrected chi connectivity index (χ0v) is 17.1. The van der Waals surface area contributed by atoms with E-state index in [-0.39, 0.29) is 11.9 Å². The summed E-state index contributed by atoms with van der Waals surface area (Å²) >= 11 is 6.38. The first-order chi connectivity index (χ1) is 14.2. The number of likely N-dealkylation sites (tertiary alicyclic amines) is 1. The lowest BCUT2D eigenvalue weighted by atomic mass is 10.0. The van der Waals surface area contributed by atoms with Gasteiger partial charge in [-0.15, -0.1) is 0 Å². The minimum atomic E-state index is 0.0763. The van der Waals surface area contributed by atoms with Gasteiger partial charge in [-0.2, -0.15) is 5.10 Å². The van der Waals surface area contributed by atoms with E-state index in [1.54, 1.807) is 0 Å². The molecule has 0 bridgehead atoms. The first kappa shape index (κ1) is 18.4. The first-order valence-electron chi connectivity index (χ1n) is 10.4. The first-order valence-corrected chi connectivity index (χ1v) is 10.8. The highest BCUT2D eigenvalue weighted by Gasteiger charge is 2.35. The molecule has 1 unspecified atom stereocenters. The lowest BCUT2D eigenvalue weighted by Gasteiger charge is -2.24. The van der Waals surface area contributed by atoms with Gasteiger partial charge in [0.25, 0.3) is 5.91 Å². The lowest BCUT2D eigenvalue weighted by molar-refractivity contribution is 0.0729. The minimum Gasteiger partial charge on any atom is -0.334 e. The molecular weight excluding hydrogens is 382 g/mol. The van der Waals surface area contributed by atoms with Crippen LogP contribution in [0.25, 0.3) is 5.69 Å². The number of rotatable bonds is 4. The van der Waals surface area contributed by atoms with Crippen LogP contribution in [0.1, 0.15) is 46.6 Å². The number of fused-ring (bicyclic) bond motifs is 1. The predicted octanol–water partition coefficient (Wildman–Crippen LogP) is 4.86. The highest BCUT2D eigenvalue weighted by atomic mass is 35.5. The summed E-state index contributed by atoms with van der Waals surface area (Å²) in [5.74, 6) is 0.0763. The fraction of sp³-hybridized carbons (Fsp3) is 0.333. The van der Waals surface area contributed by atoms with Gasteiger partial charge in [0, 0.05) is 28.9 Å². The monoisotopic (exact) mass is 405 g/mol. The molecule has 1 aliphatic heterocycles. The third-order valence-electron chi connectivity index (χ3n) is 6.18. The van der Waals surface area contributed by atoms with Gasteiger partial charge in [-0.25, -0.2) is 4.68 Å². The van der Waals surface area contributed by atoms with Gasteiger partial charge in [0.1, 0.15) is 0 Å². The molecule has 1 atom stereocenters. The fourth-order valence-corrected chi connectivity index (χ4v) is 4.97. The summed E-state index contributed by atoms with van der Waals surface area (Å²) in [5.41, 5.74) is 5.12. The summed E-state index contributed by atoms with van der Waals surface area (Å²) in [4.78, 5) is 15.6. The predicted molar refractivity (Wildman–Crippen MR) is 115 cm³/mol. The van der Waals surface area contributed by atoms with E-state index < -0.39 is 0 Å². The van der Waals surface area contributed by atoms with Crippen LogP contribution in [0.4, 0.5) is 0 Å². The van der Waals surface area contributed by atoms with Crippen molar-refractivity contribution in [1.82, 2.24) is 14.7 Å². The summed E-state index contributed by atoms with van der Waals surface area (Å²) in [5, 5.41) is 5.58. The van der Waals surface area contributed by atoms with Crippen LogP contribution in [0.5, 0.6) is 0 Å². The molecule has 5 heteroatoms. The second kappa shape index (κ2) is 7.68. The fourth-order valence-electron chi connectivity index (χ4n) is 4.76. The maximum Gasteiger partial charge on any atom is 0.274 e. The van der Waals surface area contributed by atoms with Crippen molar-refractivity contribution in [3.8, 4) is 5.69 Å². The van der Waals surface area contributed by atoms with Crippen molar-refractivity contribution in [2.45, 2.75) is 44.6 Å². The van der Waals surface area contributed by atoms with Gasteiger partial charge in [0.15, 0.2) is 5.69 Å². The Labute approximate surface area is 176 Å². The number of carbonyl (C=O) groups excluding carboxylic acids is 1. The van der Waals surface area contributed by atoms with Gasteiger partial charge in [-0.1, -0.05) is 48.0 Å². The molecule has 0 N–H and O–H groups in total. The van der Waals surface area contributed by atoms with Gasteiger partial charge in [-0.05, 0) is 62.3 Å². The summed E-state index contributed by atoms with van der Waals surface area (Å²) in [6.07, 6.45) is 5.84. The number of para-hydroxylation sites is 1. The summed E-state index contributed by atoms with van der Waals surface area (Å²) < 4.78 is 1.98. The smallest absolute Gasteiger partial charge is 0.274 e. The van der Waals surface area contributed by atoms with Crippen LogP contribution < -0.4 is 0 Å². The van der Waals surface area contributed by atoms with E-state index in [2.05, 4.69) is 18.2 Å². The number of aromatic nitrogens is 2.